The molecule has 9 nitrogen and oxygen atoms in total. The van der Waals surface area contributed by atoms with Gasteiger partial charge in [-0.1, -0.05) is 6.08 Å². The Kier molecular flexibility index (Phi) is 9.46. The lowest BCUT2D eigenvalue weighted by atomic mass is 10.1. The highest BCUT2D eigenvalue weighted by atomic mass is 35.5. The van der Waals surface area contributed by atoms with Gasteiger partial charge in [0.25, 0.3) is 11.5 Å². The summed E-state index contributed by atoms with van der Waals surface area (Å²) < 4.78 is 11.9. The highest BCUT2D eigenvalue weighted by molar-refractivity contribution is 6.03. The molecular weight excluding hydrogens is 402 g/mol. The van der Waals surface area contributed by atoms with Crippen molar-refractivity contribution in [2.45, 2.75) is 6.54 Å². The van der Waals surface area contributed by atoms with Crippen LogP contribution in [-0.2, 0) is 6.54 Å². The molecule has 1 aromatic heterocycles. The van der Waals surface area contributed by atoms with Crippen molar-refractivity contribution in [1.29, 1.82) is 0 Å². The Morgan fingerprint density at radius 2 is 1.86 bits per heavy atom. The topological polar surface area (TPSA) is 122 Å². The van der Waals surface area contributed by atoms with Gasteiger partial charge in [-0.3, -0.25) is 9.59 Å². The van der Waals surface area contributed by atoms with Gasteiger partial charge < -0.3 is 34.9 Å². The molecule has 4 N–H and O–H groups in total. The molecule has 0 radical (unpaired) electrons. The van der Waals surface area contributed by atoms with Crippen LogP contribution in [0.5, 0.6) is 17.2 Å². The van der Waals surface area contributed by atoms with E-state index in [0.717, 1.165) is 0 Å². The molecule has 0 unspecified atom stereocenters. The number of benzene rings is 1. The molecule has 0 spiro atoms. The number of amides is 1. The summed E-state index contributed by atoms with van der Waals surface area (Å²) >= 11 is 0. The number of carbonyl (C=O) groups excluding carboxylic acids is 1. The zero-order valence-corrected chi connectivity index (χ0v) is 17.2. The van der Waals surface area contributed by atoms with Crippen LogP contribution in [0.2, 0.25) is 0 Å². The Labute approximate surface area is 174 Å². The summed E-state index contributed by atoms with van der Waals surface area (Å²) in [5, 5.41) is 25.2. The molecule has 160 valence electrons. The first-order chi connectivity index (χ1) is 13.5. The van der Waals surface area contributed by atoms with E-state index in [1.807, 2.05) is 0 Å². The Balaban J connectivity index is 0.00000420. The van der Waals surface area contributed by atoms with Crippen molar-refractivity contribution in [2.24, 2.45) is 0 Å². The predicted octanol–water partition coefficient (Wildman–Crippen LogP) is 0.644. The lowest BCUT2D eigenvalue weighted by Gasteiger charge is -2.16. The number of rotatable bonds is 10. The summed E-state index contributed by atoms with van der Waals surface area (Å²) in [6.07, 6.45) is 1.52. The van der Waals surface area contributed by atoms with E-state index < -0.39 is 17.2 Å². The molecule has 1 amide bonds. The van der Waals surface area contributed by atoms with E-state index in [0.29, 0.717) is 30.1 Å². The summed E-state index contributed by atoms with van der Waals surface area (Å²) in [4.78, 5) is 25.5. The number of aliphatic hydroxyl groups excluding tert-OH is 1. The molecule has 0 aliphatic rings. The van der Waals surface area contributed by atoms with E-state index in [2.05, 4.69) is 17.2 Å². The van der Waals surface area contributed by atoms with Gasteiger partial charge in [0, 0.05) is 37.6 Å². The van der Waals surface area contributed by atoms with E-state index in [9.17, 15) is 14.7 Å². The van der Waals surface area contributed by atoms with Crippen LogP contribution in [0.15, 0.2) is 29.6 Å². The number of aromatic hydroxyl groups is 1. The van der Waals surface area contributed by atoms with Gasteiger partial charge in [0.1, 0.15) is 11.3 Å². The minimum absolute atomic E-state index is 0. The van der Waals surface area contributed by atoms with Gasteiger partial charge in [0.2, 0.25) is 0 Å². The number of halogens is 1. The van der Waals surface area contributed by atoms with Crippen LogP contribution in [0.1, 0.15) is 10.4 Å². The molecule has 0 fully saturated rings. The Hall–Kier alpha value is -2.75. The highest BCUT2D eigenvalue weighted by Gasteiger charge is 2.23. The quantitative estimate of drug-likeness (QED) is 0.324. The molecule has 1 heterocycles. The molecule has 0 saturated carbocycles. The normalized spacial score (nSPS) is 10.3. The third-order valence-electron chi connectivity index (χ3n) is 4.16. The van der Waals surface area contributed by atoms with E-state index in [4.69, 9.17) is 14.6 Å². The van der Waals surface area contributed by atoms with E-state index >= 15 is 0 Å². The van der Waals surface area contributed by atoms with Crippen molar-refractivity contribution in [1.82, 2.24) is 15.2 Å². The molecule has 0 aliphatic heterocycles. The van der Waals surface area contributed by atoms with Crippen molar-refractivity contribution >= 4 is 29.2 Å². The molecule has 0 saturated heterocycles. The molecular formula is C19H26ClN3O6. The van der Waals surface area contributed by atoms with E-state index in [1.165, 1.54) is 30.9 Å². The number of hydrogen-bond acceptors (Lipinski definition) is 7. The number of nitrogens with one attached hydrogen (secondary N) is 2. The smallest absolute Gasteiger partial charge is 0.268 e. The summed E-state index contributed by atoms with van der Waals surface area (Å²) in [6, 6.07) is 3.08. The molecule has 0 aliphatic carbocycles. The first kappa shape index (κ1) is 24.3. The van der Waals surface area contributed by atoms with Crippen molar-refractivity contribution in [3.8, 4) is 17.2 Å². The van der Waals surface area contributed by atoms with Gasteiger partial charge in [-0.2, -0.15) is 0 Å². The van der Waals surface area contributed by atoms with Gasteiger partial charge in [-0.15, -0.1) is 19.0 Å². The number of pyridine rings is 1. The lowest BCUT2D eigenvalue weighted by Crippen LogP contribution is -2.37. The third-order valence-corrected chi connectivity index (χ3v) is 4.16. The largest absolute Gasteiger partial charge is 0.506 e. The Morgan fingerprint density at radius 3 is 2.45 bits per heavy atom. The Bertz CT molecular complexity index is 929. The average Bonchev–Trinajstić information content (AvgIpc) is 2.70. The van der Waals surface area contributed by atoms with Gasteiger partial charge in [-0.05, 0) is 6.07 Å². The highest BCUT2D eigenvalue weighted by Crippen LogP contribution is 2.36. The van der Waals surface area contributed by atoms with Crippen LogP contribution in [0.4, 0.5) is 0 Å². The lowest BCUT2D eigenvalue weighted by molar-refractivity contribution is 0.0949. The Morgan fingerprint density at radius 1 is 1.21 bits per heavy atom. The fraction of sp³-hybridized carbons (Fsp3) is 0.368. The second kappa shape index (κ2) is 11.3. The van der Waals surface area contributed by atoms with Gasteiger partial charge in [-0.25, -0.2) is 0 Å². The summed E-state index contributed by atoms with van der Waals surface area (Å²) in [5.74, 6) is -0.377. The minimum atomic E-state index is -0.692. The fourth-order valence-corrected chi connectivity index (χ4v) is 2.83. The van der Waals surface area contributed by atoms with E-state index in [-0.39, 0.29) is 43.1 Å². The monoisotopic (exact) mass is 427 g/mol. The number of carbonyl (C=O) groups is 1. The van der Waals surface area contributed by atoms with Crippen LogP contribution < -0.4 is 25.7 Å². The second-order valence-electron chi connectivity index (χ2n) is 5.88. The van der Waals surface area contributed by atoms with Gasteiger partial charge in [0.15, 0.2) is 11.5 Å². The number of hydrogen-bond donors (Lipinski definition) is 4. The van der Waals surface area contributed by atoms with Crippen LogP contribution in [0.25, 0.3) is 10.9 Å². The molecule has 2 rings (SSSR count). The van der Waals surface area contributed by atoms with Crippen molar-refractivity contribution in [2.75, 3.05) is 40.5 Å². The number of ether oxygens (including phenoxy) is 2. The van der Waals surface area contributed by atoms with Gasteiger partial charge >= 0.3 is 0 Å². The van der Waals surface area contributed by atoms with Crippen LogP contribution in [0, 0.1) is 0 Å². The predicted molar refractivity (Wildman–Crippen MR) is 113 cm³/mol. The number of fused-ring (bicyclic) bond motifs is 1. The molecule has 29 heavy (non-hydrogen) atoms. The van der Waals surface area contributed by atoms with Gasteiger partial charge in [0.05, 0.1) is 26.3 Å². The standard InChI is InChI=1S/C19H25N3O6.ClH/c1-4-8-22-13-11-15(28-3)14(27-2)10-12(13)17(24)16(19(22)26)18(25)21-6-5-20-7-9-23;/h4,10-11,20,23-24H,1,5-9H2,2-3H3,(H,21,25);1H. The molecule has 0 atom stereocenters. The second-order valence-corrected chi connectivity index (χ2v) is 5.88. The summed E-state index contributed by atoms with van der Waals surface area (Å²) in [6.45, 7) is 4.80. The first-order valence-corrected chi connectivity index (χ1v) is 8.72. The first-order valence-electron chi connectivity index (χ1n) is 8.72. The molecule has 1 aromatic carbocycles. The third kappa shape index (κ3) is 5.20. The number of allylic oxidation sites excluding steroid dienone is 1. The number of aliphatic hydroxyl groups is 1. The minimum Gasteiger partial charge on any atom is -0.506 e. The average molecular weight is 428 g/mol. The molecule has 10 heteroatoms. The number of nitrogens with zero attached hydrogens (tertiary/aromatic N) is 1. The zero-order chi connectivity index (χ0) is 20.7. The number of aromatic nitrogens is 1. The molecule has 0 bridgehead atoms. The number of methoxy groups -OCH3 is 2. The van der Waals surface area contributed by atoms with Crippen LogP contribution >= 0.6 is 12.4 Å². The van der Waals surface area contributed by atoms with Crippen LogP contribution in [-0.4, -0.2) is 61.1 Å². The molecule has 2 aromatic rings. The van der Waals surface area contributed by atoms with Crippen LogP contribution in [0.3, 0.4) is 0 Å². The van der Waals surface area contributed by atoms with Crippen molar-refractivity contribution in [3.05, 3.63) is 40.7 Å². The van der Waals surface area contributed by atoms with Crippen molar-refractivity contribution in [3.63, 3.8) is 0 Å². The summed E-state index contributed by atoms with van der Waals surface area (Å²) in [7, 11) is 2.92. The van der Waals surface area contributed by atoms with E-state index in [1.54, 1.807) is 6.07 Å². The maximum atomic E-state index is 12.9. The SMILES string of the molecule is C=CCn1c(=O)c(C(=O)NCCNCCO)c(O)c2cc(OC)c(OC)cc21.Cl. The maximum absolute atomic E-state index is 12.9. The maximum Gasteiger partial charge on any atom is 0.268 e. The fourth-order valence-electron chi connectivity index (χ4n) is 2.83. The zero-order valence-electron chi connectivity index (χ0n) is 16.4. The summed E-state index contributed by atoms with van der Waals surface area (Å²) in [5.41, 5.74) is -0.608. The van der Waals surface area contributed by atoms with Crippen molar-refractivity contribution < 1.29 is 24.5 Å².